The fraction of sp³-hybridized carbons (Fsp3) is 0.362. The molecule has 1 aliphatic heterocycles. The quantitative estimate of drug-likeness (QED) is 0.0619. The lowest BCUT2D eigenvalue weighted by molar-refractivity contribution is -0.894. The minimum Gasteiger partial charge on any atom is -0.770 e. The van der Waals surface area contributed by atoms with Crippen molar-refractivity contribution in [1.82, 2.24) is 19.5 Å². The van der Waals surface area contributed by atoms with Crippen LogP contribution in [0.4, 0.5) is 5.95 Å². The lowest BCUT2D eigenvalue weighted by atomic mass is 9.80. The molecule has 1 fully saturated rings. The molecule has 0 aliphatic carbocycles. The number of halogens is 1. The maximum Gasteiger partial charge on any atom is 0.280 e. The highest BCUT2D eigenvalue weighted by Gasteiger charge is 2.44. The number of amides is 1. The first kappa shape index (κ1) is 49.3. The summed E-state index contributed by atoms with van der Waals surface area (Å²) < 4.78 is 38.2. The summed E-state index contributed by atoms with van der Waals surface area (Å²) in [5.41, 5.74) is 0.716. The van der Waals surface area contributed by atoms with Crippen molar-refractivity contribution in [2.75, 3.05) is 45.8 Å². The molecular formula is C47H56ClN6O9PS. The third-order valence-electron chi connectivity index (χ3n) is 11.1. The van der Waals surface area contributed by atoms with Gasteiger partial charge in [-0.1, -0.05) is 80.0 Å². The molecule has 3 N–H and O–H groups in total. The molecule has 0 saturated carbocycles. The molecule has 6 aromatic rings. The van der Waals surface area contributed by atoms with Gasteiger partial charge >= 0.3 is 0 Å². The van der Waals surface area contributed by atoms with E-state index in [1.165, 1.54) is 38.1 Å². The Morgan fingerprint density at radius 2 is 1.48 bits per heavy atom. The summed E-state index contributed by atoms with van der Waals surface area (Å²) in [6.07, 6.45) is -1.29. The van der Waals surface area contributed by atoms with Gasteiger partial charge in [-0.15, -0.1) is 0 Å². The molecule has 4 atom stereocenters. The average molecular weight is 947 g/mol. The van der Waals surface area contributed by atoms with Gasteiger partial charge in [0.15, 0.2) is 17.9 Å². The highest BCUT2D eigenvalue weighted by molar-refractivity contribution is 8.06. The third kappa shape index (κ3) is 12.0. The molecule has 346 valence electrons. The van der Waals surface area contributed by atoms with Crippen molar-refractivity contribution in [3.05, 3.63) is 142 Å². The van der Waals surface area contributed by atoms with E-state index in [1.807, 2.05) is 78.9 Å². The number of hydrogen-bond donors (Lipinski definition) is 3. The normalized spacial score (nSPS) is 17.1. The Hall–Kier alpha value is -5.16. The molecular weight excluding hydrogens is 891 g/mol. The fourth-order valence-corrected chi connectivity index (χ4v) is 9.12. The maximum atomic E-state index is 13.9. The number of benzene rings is 4. The van der Waals surface area contributed by atoms with Gasteiger partial charge in [0.05, 0.1) is 52.9 Å². The molecule has 3 heterocycles. The zero-order valence-electron chi connectivity index (χ0n) is 37.5. The number of rotatable bonds is 18. The largest absolute Gasteiger partial charge is 0.770 e. The van der Waals surface area contributed by atoms with Crippen molar-refractivity contribution in [2.45, 2.75) is 65.1 Å². The molecule has 1 unspecified atom stereocenters. The molecule has 4 aromatic carbocycles. The monoisotopic (exact) mass is 946 g/mol. The smallest absolute Gasteiger partial charge is 0.280 e. The van der Waals surface area contributed by atoms with E-state index in [-0.39, 0.29) is 47.7 Å². The number of nitrogens with zero attached hydrogens (tertiary/aromatic N) is 3. The second-order valence-electron chi connectivity index (χ2n) is 15.5. The van der Waals surface area contributed by atoms with Crippen LogP contribution in [0.25, 0.3) is 11.2 Å². The Kier molecular flexibility index (Phi) is 16.9. The van der Waals surface area contributed by atoms with Gasteiger partial charge in [-0.05, 0) is 97.8 Å². The lowest BCUT2D eigenvalue weighted by Crippen LogP contribution is -3.11. The standard InChI is InChI=1S/C41H41ClN5O9PS.C6H15N/c1-25(2)38(48)45-40-44-37-36(39(49)46-40)43-24-47(37)35-22-33(56-57(50,58)55-32-20-14-29(42)15-21-32)34(54-35)23-53-41(26-8-6-5-7-9-26,27-10-16-30(51-3)17-11-27)28-12-18-31(52-4)19-13-28;1-4-7(5-2)6-3/h5-21,24-25,33-35H,22-23H2,1-4H3,(H,50,58)(H2,44,45,46,48,49);4-6H2,1-3H3/t33-,34+,35+,57?;/m0./s1. The van der Waals surface area contributed by atoms with E-state index in [1.54, 1.807) is 49.7 Å². The van der Waals surface area contributed by atoms with E-state index >= 15 is 0 Å². The van der Waals surface area contributed by atoms with Crippen LogP contribution >= 0.6 is 18.3 Å². The highest BCUT2D eigenvalue weighted by atomic mass is 35.5. The number of hydrogen-bond acceptors (Lipinski definition) is 12. The Morgan fingerprint density at radius 1 is 0.923 bits per heavy atom. The zero-order chi connectivity index (χ0) is 46.7. The van der Waals surface area contributed by atoms with Gasteiger partial charge in [-0.2, -0.15) is 4.98 Å². The minimum atomic E-state index is -4.23. The number of aromatic nitrogens is 4. The molecule has 7 rings (SSSR count). The van der Waals surface area contributed by atoms with Gasteiger partial charge < -0.3 is 37.8 Å². The number of aromatic amines is 1. The van der Waals surface area contributed by atoms with Crippen LogP contribution in [0.2, 0.25) is 5.02 Å². The van der Waals surface area contributed by atoms with Crippen LogP contribution in [0.5, 0.6) is 17.2 Å². The first-order chi connectivity index (χ1) is 31.2. The van der Waals surface area contributed by atoms with Crippen LogP contribution in [0.3, 0.4) is 0 Å². The third-order valence-corrected chi connectivity index (χ3v) is 12.8. The first-order valence-electron chi connectivity index (χ1n) is 21.4. The van der Waals surface area contributed by atoms with Gasteiger partial charge in [-0.3, -0.25) is 24.5 Å². The number of carbonyl (C=O) groups excluding carboxylic acids is 1. The minimum absolute atomic E-state index is 0.0189. The number of imidazole rings is 1. The summed E-state index contributed by atoms with van der Waals surface area (Å²) in [6, 6.07) is 31.0. The number of H-pyrrole nitrogens is 1. The highest BCUT2D eigenvalue weighted by Crippen LogP contribution is 2.48. The second kappa shape index (κ2) is 22.4. The van der Waals surface area contributed by atoms with Gasteiger partial charge in [0.2, 0.25) is 11.9 Å². The molecule has 15 nitrogen and oxygen atoms in total. The second-order valence-corrected chi connectivity index (χ2v) is 18.6. The van der Waals surface area contributed by atoms with Crippen LogP contribution < -0.4 is 34.7 Å². The molecule has 18 heteroatoms. The van der Waals surface area contributed by atoms with Crippen molar-refractivity contribution in [3.8, 4) is 17.2 Å². The van der Waals surface area contributed by atoms with Crippen LogP contribution in [0.1, 0.15) is 64.0 Å². The molecule has 1 aliphatic rings. The molecule has 0 radical (unpaired) electrons. The number of carbonyl (C=O) groups is 1. The van der Waals surface area contributed by atoms with Crippen molar-refractivity contribution in [2.24, 2.45) is 5.92 Å². The zero-order valence-corrected chi connectivity index (χ0v) is 40.0. The number of quaternary nitrogens is 1. The van der Waals surface area contributed by atoms with Crippen molar-refractivity contribution in [3.63, 3.8) is 0 Å². The number of fused-ring (bicyclic) bond motifs is 1. The van der Waals surface area contributed by atoms with Gasteiger partial charge in [0.1, 0.15) is 35.2 Å². The number of anilines is 1. The Morgan fingerprint density at radius 3 is 2.00 bits per heavy atom. The van der Waals surface area contributed by atoms with Crippen LogP contribution in [0, 0.1) is 5.92 Å². The van der Waals surface area contributed by atoms with E-state index in [0.717, 1.165) is 16.7 Å². The number of nitrogens with one attached hydrogen (secondary N) is 3. The van der Waals surface area contributed by atoms with Crippen molar-refractivity contribution in [1.29, 1.82) is 0 Å². The molecule has 1 amide bonds. The van der Waals surface area contributed by atoms with Gasteiger partial charge in [-0.25, -0.2) is 4.98 Å². The van der Waals surface area contributed by atoms with E-state index in [4.69, 9.17) is 51.4 Å². The van der Waals surface area contributed by atoms with Crippen LogP contribution in [-0.4, -0.2) is 78.1 Å². The van der Waals surface area contributed by atoms with E-state index in [0.29, 0.717) is 16.5 Å². The van der Waals surface area contributed by atoms with E-state index in [2.05, 4.69) is 41.0 Å². The number of methoxy groups -OCH3 is 2. The lowest BCUT2D eigenvalue weighted by Gasteiger charge is -2.38. The topological polar surface area (TPSA) is 176 Å². The van der Waals surface area contributed by atoms with E-state index in [9.17, 15) is 14.5 Å². The first-order valence-corrected chi connectivity index (χ1v) is 24.4. The van der Waals surface area contributed by atoms with Crippen molar-refractivity contribution < 1.29 is 42.6 Å². The predicted octanol–water partition coefficient (Wildman–Crippen LogP) is 6.66. The Labute approximate surface area is 389 Å². The Balaban J connectivity index is 0.000000925. The summed E-state index contributed by atoms with van der Waals surface area (Å²) in [4.78, 5) is 52.6. The molecule has 1 saturated heterocycles. The van der Waals surface area contributed by atoms with Crippen LogP contribution in [-0.2, 0) is 36.2 Å². The number of ether oxygens (including phenoxy) is 4. The van der Waals surface area contributed by atoms with Crippen molar-refractivity contribution >= 4 is 53.1 Å². The maximum absolute atomic E-state index is 13.9. The summed E-state index contributed by atoms with van der Waals surface area (Å²) in [5, 5.41) is 3.09. The van der Waals surface area contributed by atoms with Gasteiger partial charge in [0.25, 0.3) is 5.56 Å². The predicted molar refractivity (Wildman–Crippen MR) is 252 cm³/mol. The molecule has 65 heavy (non-hydrogen) atoms. The van der Waals surface area contributed by atoms with Gasteiger partial charge in [0, 0.05) is 17.4 Å². The molecule has 2 aromatic heterocycles. The molecule has 0 spiro atoms. The summed E-state index contributed by atoms with van der Waals surface area (Å²) in [7, 11) is 3.19. The summed E-state index contributed by atoms with van der Waals surface area (Å²) in [6.45, 7) is 9.57. The van der Waals surface area contributed by atoms with E-state index < -0.39 is 36.3 Å². The Bertz CT molecular complexity index is 2520. The SMILES string of the molecule is CC[NH+](CC)CC.COc1ccc(C(OC[C@H]2O[C@@H](n3cnc4c(=O)[nH]c(NC(=O)C(C)C)nc43)C[C@@H]2OP([O-])(=S)Oc2ccc(Cl)cc2)(c2ccccc2)c2ccc(OC)cc2)cc1. The molecule has 0 bridgehead atoms. The fourth-order valence-electron chi connectivity index (χ4n) is 7.43. The summed E-state index contributed by atoms with van der Waals surface area (Å²) >= 11 is 11.5. The van der Waals surface area contributed by atoms with Crippen LogP contribution in [0.15, 0.2) is 114 Å². The average Bonchev–Trinajstić information content (AvgIpc) is 3.92. The summed E-state index contributed by atoms with van der Waals surface area (Å²) in [5.74, 6) is 0.754.